The predicted octanol–water partition coefficient (Wildman–Crippen LogP) is 5.55. The fraction of sp³-hybridized carbons (Fsp3) is 0.278. The van der Waals surface area contributed by atoms with Gasteiger partial charge in [-0.2, -0.15) is 0 Å². The smallest absolute Gasteiger partial charge is 0.251 e. The van der Waals surface area contributed by atoms with Crippen molar-refractivity contribution in [3.63, 3.8) is 0 Å². The van der Waals surface area contributed by atoms with E-state index < -0.39 is 12.1 Å². The van der Waals surface area contributed by atoms with E-state index >= 15 is 0 Å². The Hall–Kier alpha value is -4.46. The summed E-state index contributed by atoms with van der Waals surface area (Å²) < 4.78 is 5.31. The highest BCUT2D eigenvalue weighted by Crippen LogP contribution is 2.20. The van der Waals surface area contributed by atoms with Crippen LogP contribution in [0.25, 0.3) is 0 Å². The zero-order valence-corrected chi connectivity index (χ0v) is 25.2. The van der Waals surface area contributed by atoms with Gasteiger partial charge in [-0.25, -0.2) is 0 Å². The van der Waals surface area contributed by atoms with Gasteiger partial charge >= 0.3 is 0 Å². The molecule has 43 heavy (non-hydrogen) atoms. The van der Waals surface area contributed by atoms with Crippen molar-refractivity contribution in [3.05, 3.63) is 137 Å². The summed E-state index contributed by atoms with van der Waals surface area (Å²) in [6.45, 7) is 6.08. The first-order valence-corrected chi connectivity index (χ1v) is 14.6. The normalized spacial score (nSPS) is 13.8. The summed E-state index contributed by atoms with van der Waals surface area (Å²) in [6, 6.07) is 31.6. The van der Waals surface area contributed by atoms with Crippen LogP contribution in [0.15, 0.2) is 103 Å². The maximum atomic E-state index is 13.6. The molecule has 0 bridgehead atoms. The molecule has 0 aliphatic rings. The SMILES string of the molecule is COc1cccc([C@@H](C)NC(=O)c2cc(C)cc(C(=O)N[C@@H](Cc3ccccc3)[C@H](O)CN[C@@H](C)c3ccccc3)c2)c1. The van der Waals surface area contributed by atoms with Crippen molar-refractivity contribution in [2.24, 2.45) is 0 Å². The van der Waals surface area contributed by atoms with Crippen LogP contribution in [0.1, 0.15) is 68.9 Å². The summed E-state index contributed by atoms with van der Waals surface area (Å²) >= 11 is 0. The highest BCUT2D eigenvalue weighted by atomic mass is 16.5. The Labute approximate surface area is 254 Å². The molecule has 0 aromatic heterocycles. The van der Waals surface area contributed by atoms with E-state index in [4.69, 9.17) is 4.74 Å². The van der Waals surface area contributed by atoms with Gasteiger partial charge in [-0.3, -0.25) is 9.59 Å². The predicted molar refractivity (Wildman–Crippen MR) is 170 cm³/mol. The van der Waals surface area contributed by atoms with Gasteiger partial charge in [0.15, 0.2) is 0 Å². The molecule has 4 rings (SSSR count). The van der Waals surface area contributed by atoms with Crippen LogP contribution in [0.5, 0.6) is 5.75 Å². The zero-order valence-electron chi connectivity index (χ0n) is 25.2. The molecular formula is C36H41N3O4. The Morgan fingerprint density at radius 1 is 0.744 bits per heavy atom. The van der Waals surface area contributed by atoms with Crippen LogP contribution < -0.4 is 20.7 Å². The molecule has 4 N–H and O–H groups in total. The molecule has 4 atom stereocenters. The van der Waals surface area contributed by atoms with Gasteiger partial charge in [-0.1, -0.05) is 72.8 Å². The second kappa shape index (κ2) is 15.1. The molecule has 0 aliphatic heterocycles. The molecule has 0 fully saturated rings. The van der Waals surface area contributed by atoms with E-state index in [0.717, 1.165) is 22.3 Å². The lowest BCUT2D eigenvalue weighted by Gasteiger charge is -2.26. The summed E-state index contributed by atoms with van der Waals surface area (Å²) in [6.07, 6.45) is -0.404. The van der Waals surface area contributed by atoms with Gasteiger partial charge in [0.2, 0.25) is 0 Å². The van der Waals surface area contributed by atoms with Crippen LogP contribution >= 0.6 is 0 Å². The maximum Gasteiger partial charge on any atom is 0.251 e. The molecule has 0 spiro atoms. The molecule has 0 radical (unpaired) electrons. The van der Waals surface area contributed by atoms with E-state index in [1.807, 2.05) is 106 Å². The number of hydrogen-bond acceptors (Lipinski definition) is 5. The highest BCUT2D eigenvalue weighted by Gasteiger charge is 2.24. The van der Waals surface area contributed by atoms with Crippen molar-refractivity contribution in [1.82, 2.24) is 16.0 Å². The van der Waals surface area contributed by atoms with Crippen LogP contribution in [0.3, 0.4) is 0 Å². The zero-order chi connectivity index (χ0) is 30.8. The van der Waals surface area contributed by atoms with Gasteiger partial charge < -0.3 is 25.8 Å². The summed E-state index contributed by atoms with van der Waals surface area (Å²) in [4.78, 5) is 26.8. The number of aliphatic hydroxyl groups is 1. The van der Waals surface area contributed by atoms with Crippen LogP contribution in [-0.2, 0) is 6.42 Å². The van der Waals surface area contributed by atoms with Gasteiger partial charge in [0.1, 0.15) is 5.75 Å². The van der Waals surface area contributed by atoms with Crippen molar-refractivity contribution in [3.8, 4) is 5.75 Å². The third kappa shape index (κ3) is 9.01. The summed E-state index contributed by atoms with van der Waals surface area (Å²) in [5.41, 5.74) is 4.55. The average molecular weight is 580 g/mol. The fourth-order valence-corrected chi connectivity index (χ4v) is 5.02. The summed E-state index contributed by atoms with van der Waals surface area (Å²) in [5, 5.41) is 20.7. The number of carbonyl (C=O) groups excluding carboxylic acids is 2. The number of rotatable bonds is 13. The van der Waals surface area contributed by atoms with E-state index in [1.165, 1.54) is 0 Å². The van der Waals surface area contributed by atoms with Gasteiger partial charge in [0.05, 0.1) is 25.3 Å². The molecule has 0 heterocycles. The van der Waals surface area contributed by atoms with Crippen LogP contribution in [-0.4, -0.2) is 42.7 Å². The number of benzene rings is 4. The first-order valence-electron chi connectivity index (χ1n) is 14.6. The number of aryl methyl sites for hydroxylation is 1. The molecule has 2 amide bonds. The molecule has 0 unspecified atom stereocenters. The van der Waals surface area contributed by atoms with Crippen LogP contribution in [0.2, 0.25) is 0 Å². The number of ether oxygens (including phenoxy) is 1. The number of carbonyl (C=O) groups is 2. The largest absolute Gasteiger partial charge is 0.497 e. The Morgan fingerprint density at radius 2 is 1.35 bits per heavy atom. The molecule has 0 aliphatic carbocycles. The number of aliphatic hydroxyl groups excluding tert-OH is 1. The molecule has 224 valence electrons. The number of amides is 2. The average Bonchev–Trinajstić information content (AvgIpc) is 3.03. The molecule has 4 aromatic carbocycles. The first kappa shape index (κ1) is 31.5. The number of nitrogens with one attached hydrogen (secondary N) is 3. The Morgan fingerprint density at radius 3 is 2.00 bits per heavy atom. The Balaban J connectivity index is 1.47. The van der Waals surface area contributed by atoms with E-state index in [0.29, 0.717) is 23.3 Å². The minimum absolute atomic E-state index is 0.0288. The van der Waals surface area contributed by atoms with Crippen LogP contribution in [0.4, 0.5) is 0 Å². The molecule has 0 saturated heterocycles. The summed E-state index contributed by atoms with van der Waals surface area (Å²) in [7, 11) is 1.60. The van der Waals surface area contributed by atoms with Gasteiger partial charge in [0, 0.05) is 23.7 Å². The lowest BCUT2D eigenvalue weighted by atomic mass is 9.99. The maximum absolute atomic E-state index is 13.6. The van der Waals surface area contributed by atoms with Gasteiger partial charge in [-0.15, -0.1) is 0 Å². The molecule has 0 saturated carbocycles. The van der Waals surface area contributed by atoms with E-state index in [1.54, 1.807) is 25.3 Å². The van der Waals surface area contributed by atoms with Crippen molar-refractivity contribution in [1.29, 1.82) is 0 Å². The Kier molecular flexibility index (Phi) is 11.1. The van der Waals surface area contributed by atoms with E-state index in [2.05, 4.69) is 16.0 Å². The first-order chi connectivity index (χ1) is 20.7. The standard InChI is InChI=1S/C36H41N3O4/c1-24-18-30(35(41)38-26(3)29-16-11-17-32(22-29)43-4)21-31(19-24)36(42)39-33(20-27-12-7-5-8-13-27)34(40)23-37-25(2)28-14-9-6-10-15-28/h5-19,21-22,25-26,33-34,37,40H,20,23H2,1-4H3,(H,38,41)(H,39,42)/t25-,26+,33-,34+/m0/s1. The molecule has 7 nitrogen and oxygen atoms in total. The quantitative estimate of drug-likeness (QED) is 0.167. The molecule has 7 heteroatoms. The molecule has 4 aromatic rings. The number of hydrogen-bond donors (Lipinski definition) is 4. The summed E-state index contributed by atoms with van der Waals surface area (Å²) in [5.74, 6) is 0.0767. The highest BCUT2D eigenvalue weighted by molar-refractivity contribution is 6.00. The lowest BCUT2D eigenvalue weighted by Crippen LogP contribution is -2.49. The van der Waals surface area contributed by atoms with Crippen molar-refractivity contribution < 1.29 is 19.4 Å². The Bertz CT molecular complexity index is 1490. The third-order valence-corrected chi connectivity index (χ3v) is 7.56. The third-order valence-electron chi connectivity index (χ3n) is 7.56. The topological polar surface area (TPSA) is 99.7 Å². The van der Waals surface area contributed by atoms with E-state index in [9.17, 15) is 14.7 Å². The number of methoxy groups -OCH3 is 1. The minimum Gasteiger partial charge on any atom is -0.497 e. The fourth-order valence-electron chi connectivity index (χ4n) is 5.02. The van der Waals surface area contributed by atoms with Crippen LogP contribution in [0, 0.1) is 6.92 Å². The monoisotopic (exact) mass is 579 g/mol. The van der Waals surface area contributed by atoms with Gasteiger partial charge in [-0.05, 0) is 79.8 Å². The van der Waals surface area contributed by atoms with E-state index in [-0.39, 0.29) is 30.4 Å². The van der Waals surface area contributed by atoms with Crippen molar-refractivity contribution in [2.45, 2.75) is 51.4 Å². The minimum atomic E-state index is -0.855. The molecular weight excluding hydrogens is 538 g/mol. The lowest BCUT2D eigenvalue weighted by molar-refractivity contribution is 0.0825. The second-order valence-electron chi connectivity index (χ2n) is 10.9. The van der Waals surface area contributed by atoms with Crippen molar-refractivity contribution in [2.75, 3.05) is 13.7 Å². The van der Waals surface area contributed by atoms with Gasteiger partial charge in [0.25, 0.3) is 11.8 Å². The second-order valence-corrected chi connectivity index (χ2v) is 10.9. The van der Waals surface area contributed by atoms with Crippen molar-refractivity contribution >= 4 is 11.8 Å².